The van der Waals surface area contributed by atoms with Crippen molar-refractivity contribution in [2.75, 3.05) is 20.2 Å². The van der Waals surface area contributed by atoms with Gasteiger partial charge in [-0.15, -0.1) is 11.3 Å². The lowest BCUT2D eigenvalue weighted by atomic mass is 9.93. The molecule has 1 aliphatic heterocycles. The van der Waals surface area contributed by atoms with Gasteiger partial charge in [-0.3, -0.25) is 9.59 Å². The number of halogens is 1. The number of methoxy groups -OCH3 is 1. The van der Waals surface area contributed by atoms with E-state index in [0.29, 0.717) is 17.1 Å². The van der Waals surface area contributed by atoms with E-state index >= 15 is 0 Å². The van der Waals surface area contributed by atoms with Crippen LogP contribution in [0.1, 0.15) is 46.3 Å². The molecule has 0 bridgehead atoms. The highest BCUT2D eigenvalue weighted by Crippen LogP contribution is 2.38. The molecule has 172 valence electrons. The average molecular weight is 483 g/mol. The van der Waals surface area contributed by atoms with Gasteiger partial charge in [-0.25, -0.2) is 0 Å². The number of benzene rings is 2. The highest BCUT2D eigenvalue weighted by molar-refractivity contribution is 7.10. The lowest BCUT2D eigenvalue weighted by Crippen LogP contribution is -2.48. The molecule has 0 saturated carbocycles. The summed E-state index contributed by atoms with van der Waals surface area (Å²) in [5, 5.41) is 2.65. The number of rotatable bonds is 6. The van der Waals surface area contributed by atoms with E-state index in [9.17, 15) is 9.59 Å². The monoisotopic (exact) mass is 482 g/mol. The third kappa shape index (κ3) is 4.92. The van der Waals surface area contributed by atoms with Crippen LogP contribution in [0.5, 0.6) is 5.75 Å². The van der Waals surface area contributed by atoms with Crippen LogP contribution in [0, 0.1) is 0 Å². The molecule has 0 saturated heterocycles. The molecule has 0 N–H and O–H groups in total. The molecular formula is C26H27ClN2O3S. The molecule has 0 aliphatic carbocycles. The standard InChI is InChI=1S/C26H27ClN2O3S/c1-17(2)29(26(31)19-4-8-20(27)9-5-19)16-24(30)28-14-12-23-22(13-15-33-23)25(28)18-6-10-21(32-3)11-7-18/h4-11,13,15,17,25H,12,14,16H2,1-3H3. The van der Waals surface area contributed by atoms with E-state index in [-0.39, 0.29) is 30.4 Å². The molecule has 3 aromatic rings. The molecule has 33 heavy (non-hydrogen) atoms. The fourth-order valence-corrected chi connectivity index (χ4v) is 5.24. The lowest BCUT2D eigenvalue weighted by molar-refractivity contribution is -0.134. The second-order valence-corrected chi connectivity index (χ2v) is 9.78. The maximum atomic E-state index is 13.6. The third-order valence-corrected chi connectivity index (χ3v) is 7.25. The number of ether oxygens (including phenoxy) is 1. The largest absolute Gasteiger partial charge is 0.497 e. The van der Waals surface area contributed by atoms with Gasteiger partial charge in [0.1, 0.15) is 12.3 Å². The van der Waals surface area contributed by atoms with Crippen molar-refractivity contribution in [3.05, 3.63) is 86.6 Å². The molecule has 1 atom stereocenters. The van der Waals surface area contributed by atoms with Crippen LogP contribution in [0.4, 0.5) is 0 Å². The van der Waals surface area contributed by atoms with Crippen LogP contribution in [-0.2, 0) is 11.2 Å². The molecule has 4 rings (SSSR count). The Morgan fingerprint density at radius 3 is 2.45 bits per heavy atom. The van der Waals surface area contributed by atoms with Crippen molar-refractivity contribution >= 4 is 34.8 Å². The molecule has 7 heteroatoms. The number of nitrogens with zero attached hydrogens (tertiary/aromatic N) is 2. The summed E-state index contributed by atoms with van der Waals surface area (Å²) < 4.78 is 5.31. The van der Waals surface area contributed by atoms with Crippen molar-refractivity contribution in [1.82, 2.24) is 9.80 Å². The third-order valence-electron chi connectivity index (χ3n) is 6.00. The summed E-state index contributed by atoms with van der Waals surface area (Å²) in [6.45, 7) is 4.49. The zero-order valence-corrected chi connectivity index (χ0v) is 20.5. The van der Waals surface area contributed by atoms with E-state index in [1.165, 1.54) is 4.88 Å². The van der Waals surface area contributed by atoms with Crippen LogP contribution < -0.4 is 4.74 Å². The van der Waals surface area contributed by atoms with Crippen molar-refractivity contribution in [3.8, 4) is 5.75 Å². The number of hydrogen-bond donors (Lipinski definition) is 0. The molecule has 2 heterocycles. The summed E-state index contributed by atoms with van der Waals surface area (Å²) in [5.74, 6) is 0.533. The Bertz CT molecular complexity index is 1130. The Morgan fingerprint density at radius 2 is 1.82 bits per heavy atom. The Hall–Kier alpha value is -2.83. The Kier molecular flexibility index (Phi) is 7.05. The minimum atomic E-state index is -0.182. The van der Waals surface area contributed by atoms with Crippen LogP contribution in [0.3, 0.4) is 0 Å². The smallest absolute Gasteiger partial charge is 0.254 e. The maximum Gasteiger partial charge on any atom is 0.254 e. The number of amides is 2. The van der Waals surface area contributed by atoms with Gasteiger partial charge in [0.15, 0.2) is 0 Å². The predicted octanol–water partition coefficient (Wildman–Crippen LogP) is 5.44. The quantitative estimate of drug-likeness (QED) is 0.470. The fourth-order valence-electron chi connectivity index (χ4n) is 4.21. The Balaban J connectivity index is 1.61. The molecule has 2 aromatic carbocycles. The first-order valence-electron chi connectivity index (χ1n) is 10.9. The molecule has 0 fully saturated rings. The molecule has 1 aromatic heterocycles. The van der Waals surface area contributed by atoms with E-state index in [0.717, 1.165) is 23.3 Å². The molecular weight excluding hydrogens is 456 g/mol. The highest BCUT2D eigenvalue weighted by atomic mass is 35.5. The van der Waals surface area contributed by atoms with Crippen LogP contribution in [0.15, 0.2) is 60.0 Å². The summed E-state index contributed by atoms with van der Waals surface area (Å²) in [4.78, 5) is 31.7. The van der Waals surface area contributed by atoms with Crippen LogP contribution in [0.25, 0.3) is 0 Å². The van der Waals surface area contributed by atoms with E-state index in [1.807, 2.05) is 43.0 Å². The van der Waals surface area contributed by atoms with Crippen molar-refractivity contribution in [2.45, 2.75) is 32.4 Å². The summed E-state index contributed by atoms with van der Waals surface area (Å²) in [6, 6.07) is 16.4. The van der Waals surface area contributed by atoms with Crippen molar-refractivity contribution in [3.63, 3.8) is 0 Å². The van der Waals surface area contributed by atoms with Crippen molar-refractivity contribution in [1.29, 1.82) is 0 Å². The van der Waals surface area contributed by atoms with Gasteiger partial charge in [-0.1, -0.05) is 23.7 Å². The first kappa shape index (κ1) is 23.3. The summed E-state index contributed by atoms with van der Waals surface area (Å²) in [5.41, 5.74) is 2.71. The topological polar surface area (TPSA) is 49.9 Å². The van der Waals surface area contributed by atoms with Gasteiger partial charge < -0.3 is 14.5 Å². The Labute approximate surface area is 203 Å². The average Bonchev–Trinajstić information content (AvgIpc) is 3.30. The Morgan fingerprint density at radius 1 is 1.12 bits per heavy atom. The number of thiophene rings is 1. The minimum Gasteiger partial charge on any atom is -0.497 e. The van der Waals surface area contributed by atoms with Gasteiger partial charge in [0, 0.05) is 28.0 Å². The van der Waals surface area contributed by atoms with E-state index in [4.69, 9.17) is 16.3 Å². The molecule has 0 radical (unpaired) electrons. The van der Waals surface area contributed by atoms with Gasteiger partial charge in [-0.2, -0.15) is 0 Å². The molecule has 2 amide bonds. The van der Waals surface area contributed by atoms with Crippen LogP contribution in [-0.4, -0.2) is 47.9 Å². The van der Waals surface area contributed by atoms with E-state index in [2.05, 4.69) is 11.4 Å². The molecule has 1 aliphatic rings. The number of fused-ring (bicyclic) bond motifs is 1. The van der Waals surface area contributed by atoms with Crippen LogP contribution in [0.2, 0.25) is 5.02 Å². The summed E-state index contributed by atoms with van der Waals surface area (Å²) in [7, 11) is 1.64. The second-order valence-electron chi connectivity index (χ2n) is 8.35. The van der Waals surface area contributed by atoms with E-state index in [1.54, 1.807) is 47.6 Å². The van der Waals surface area contributed by atoms with Crippen molar-refractivity contribution in [2.24, 2.45) is 0 Å². The molecule has 5 nitrogen and oxygen atoms in total. The van der Waals surface area contributed by atoms with E-state index < -0.39 is 0 Å². The van der Waals surface area contributed by atoms with Gasteiger partial charge in [0.25, 0.3) is 5.91 Å². The van der Waals surface area contributed by atoms with Crippen molar-refractivity contribution < 1.29 is 14.3 Å². The number of carbonyl (C=O) groups excluding carboxylic acids is 2. The fraction of sp³-hybridized carbons (Fsp3) is 0.308. The zero-order chi connectivity index (χ0) is 23.5. The lowest BCUT2D eigenvalue weighted by Gasteiger charge is -2.38. The number of carbonyl (C=O) groups is 2. The normalized spacial score (nSPS) is 15.3. The zero-order valence-electron chi connectivity index (χ0n) is 19.0. The minimum absolute atomic E-state index is 0.0191. The number of hydrogen-bond acceptors (Lipinski definition) is 4. The van der Waals surface area contributed by atoms with Crippen LogP contribution >= 0.6 is 22.9 Å². The summed E-state index contributed by atoms with van der Waals surface area (Å²) in [6.07, 6.45) is 0.818. The van der Waals surface area contributed by atoms with Gasteiger partial charge >= 0.3 is 0 Å². The first-order valence-corrected chi connectivity index (χ1v) is 12.2. The first-order chi connectivity index (χ1) is 15.9. The predicted molar refractivity (Wildman–Crippen MR) is 132 cm³/mol. The molecule has 0 spiro atoms. The summed E-state index contributed by atoms with van der Waals surface area (Å²) >= 11 is 7.71. The second kappa shape index (κ2) is 9.98. The van der Waals surface area contributed by atoms with Gasteiger partial charge in [0.05, 0.1) is 13.2 Å². The van der Waals surface area contributed by atoms with Gasteiger partial charge in [0.2, 0.25) is 5.91 Å². The highest BCUT2D eigenvalue weighted by Gasteiger charge is 2.34. The van der Waals surface area contributed by atoms with Gasteiger partial charge in [-0.05, 0) is 79.2 Å². The SMILES string of the molecule is COc1ccc(C2c3ccsc3CCN2C(=O)CN(C(=O)c2ccc(Cl)cc2)C(C)C)cc1. The molecule has 1 unspecified atom stereocenters. The maximum absolute atomic E-state index is 13.6.